The number of halogens is 1. The zero-order valence-corrected chi connectivity index (χ0v) is 8.64. The summed E-state index contributed by atoms with van der Waals surface area (Å²) in [7, 11) is 0. The van der Waals surface area contributed by atoms with Gasteiger partial charge < -0.3 is 10.2 Å². The Balaban J connectivity index is 2.44. The minimum Gasteiger partial charge on any atom is -0.382 e. The molecule has 0 saturated carbocycles. The molecule has 3 nitrogen and oxygen atoms in total. The zero-order valence-electron chi connectivity index (χ0n) is 7.88. The lowest BCUT2D eigenvalue weighted by atomic mass is 10.2. The molecular formula is C10H11ClN2O. The molecule has 1 N–H and O–H groups in total. The number of nitrogens with zero attached hydrogens (tertiary/aromatic N) is 1. The molecule has 1 aliphatic rings. The van der Waals surface area contributed by atoms with Crippen LogP contribution >= 0.6 is 11.6 Å². The number of amides is 1. The van der Waals surface area contributed by atoms with Crippen LogP contribution < -0.4 is 10.2 Å². The van der Waals surface area contributed by atoms with Gasteiger partial charge in [-0.05, 0) is 18.2 Å². The van der Waals surface area contributed by atoms with Crippen molar-refractivity contribution in [2.45, 2.75) is 6.92 Å². The molecule has 4 heteroatoms. The first-order valence-corrected chi connectivity index (χ1v) is 4.88. The molecule has 0 aliphatic carbocycles. The van der Waals surface area contributed by atoms with Crippen molar-refractivity contribution in [1.29, 1.82) is 0 Å². The summed E-state index contributed by atoms with van der Waals surface area (Å²) in [4.78, 5) is 13.1. The summed E-state index contributed by atoms with van der Waals surface area (Å²) in [5, 5.41) is 3.89. The molecule has 0 bridgehead atoms. The summed E-state index contributed by atoms with van der Waals surface area (Å²) in [6.45, 7) is 3.06. The number of fused-ring (bicyclic) bond motifs is 1. The predicted octanol–water partition coefficient (Wildman–Crippen LogP) is 2.12. The van der Waals surface area contributed by atoms with Gasteiger partial charge in [0.2, 0.25) is 5.91 Å². The topological polar surface area (TPSA) is 32.3 Å². The fourth-order valence-corrected chi connectivity index (χ4v) is 1.81. The zero-order chi connectivity index (χ0) is 10.1. The van der Waals surface area contributed by atoms with Crippen LogP contribution in [0, 0.1) is 0 Å². The van der Waals surface area contributed by atoms with E-state index in [9.17, 15) is 4.79 Å². The quantitative estimate of drug-likeness (QED) is 0.712. The van der Waals surface area contributed by atoms with E-state index in [-0.39, 0.29) is 5.91 Å². The summed E-state index contributed by atoms with van der Waals surface area (Å²) in [5.74, 6) is 0.0649. The van der Waals surface area contributed by atoms with Crippen molar-refractivity contribution in [2.75, 3.05) is 23.3 Å². The highest BCUT2D eigenvalue weighted by molar-refractivity contribution is 6.31. The van der Waals surface area contributed by atoms with E-state index in [2.05, 4.69) is 5.32 Å². The summed E-state index contributed by atoms with van der Waals surface area (Å²) >= 11 is 5.86. The third kappa shape index (κ3) is 1.55. The molecule has 1 aromatic rings. The maximum Gasteiger partial charge on any atom is 0.223 e. The van der Waals surface area contributed by atoms with Crippen molar-refractivity contribution in [3.63, 3.8) is 0 Å². The minimum absolute atomic E-state index is 0.0649. The van der Waals surface area contributed by atoms with Gasteiger partial charge in [0.05, 0.1) is 11.4 Å². The first kappa shape index (κ1) is 9.34. The summed E-state index contributed by atoms with van der Waals surface area (Å²) in [5.41, 5.74) is 1.84. The van der Waals surface area contributed by atoms with Crippen LogP contribution in [0.4, 0.5) is 11.4 Å². The Kier molecular flexibility index (Phi) is 2.33. The molecule has 1 heterocycles. The van der Waals surface area contributed by atoms with Crippen molar-refractivity contribution in [1.82, 2.24) is 0 Å². The highest BCUT2D eigenvalue weighted by Crippen LogP contribution is 2.31. The third-order valence-corrected chi connectivity index (χ3v) is 2.52. The van der Waals surface area contributed by atoms with E-state index in [1.807, 2.05) is 12.1 Å². The molecule has 0 unspecified atom stereocenters. The Morgan fingerprint density at radius 2 is 2.36 bits per heavy atom. The van der Waals surface area contributed by atoms with E-state index in [0.29, 0.717) is 11.6 Å². The van der Waals surface area contributed by atoms with Crippen molar-refractivity contribution >= 4 is 28.9 Å². The monoisotopic (exact) mass is 210 g/mol. The SMILES string of the molecule is CC(=O)N1CCNc2cc(Cl)ccc21. The number of hydrogen-bond donors (Lipinski definition) is 1. The van der Waals surface area contributed by atoms with E-state index >= 15 is 0 Å². The summed E-state index contributed by atoms with van der Waals surface area (Å²) in [6.07, 6.45) is 0. The van der Waals surface area contributed by atoms with Crippen LogP contribution in [0.2, 0.25) is 5.02 Å². The first-order valence-electron chi connectivity index (χ1n) is 4.50. The third-order valence-electron chi connectivity index (χ3n) is 2.28. The second-order valence-corrected chi connectivity index (χ2v) is 3.70. The smallest absolute Gasteiger partial charge is 0.223 e. The van der Waals surface area contributed by atoms with Crippen molar-refractivity contribution < 1.29 is 4.79 Å². The van der Waals surface area contributed by atoms with Gasteiger partial charge in [0.25, 0.3) is 0 Å². The van der Waals surface area contributed by atoms with Crippen LogP contribution in [0.5, 0.6) is 0 Å². The Morgan fingerprint density at radius 1 is 1.57 bits per heavy atom. The Hall–Kier alpha value is -1.22. The van der Waals surface area contributed by atoms with Crippen LogP contribution in [0.1, 0.15) is 6.92 Å². The molecule has 0 saturated heterocycles. The normalized spacial score (nSPS) is 14.6. The van der Waals surface area contributed by atoms with Gasteiger partial charge in [0.1, 0.15) is 0 Å². The maximum atomic E-state index is 11.3. The van der Waals surface area contributed by atoms with Gasteiger partial charge in [-0.3, -0.25) is 4.79 Å². The van der Waals surface area contributed by atoms with Crippen LogP contribution in [-0.2, 0) is 4.79 Å². The highest BCUT2D eigenvalue weighted by Gasteiger charge is 2.19. The van der Waals surface area contributed by atoms with E-state index in [4.69, 9.17) is 11.6 Å². The van der Waals surface area contributed by atoms with Crippen LogP contribution in [0.3, 0.4) is 0 Å². The number of hydrogen-bond acceptors (Lipinski definition) is 2. The average Bonchev–Trinajstić information content (AvgIpc) is 2.16. The molecule has 0 aromatic heterocycles. The fraction of sp³-hybridized carbons (Fsp3) is 0.300. The molecule has 2 rings (SSSR count). The molecule has 0 atom stereocenters. The van der Waals surface area contributed by atoms with Gasteiger partial charge in [-0.1, -0.05) is 11.6 Å². The molecule has 1 amide bonds. The summed E-state index contributed by atoms with van der Waals surface area (Å²) in [6, 6.07) is 5.50. The second kappa shape index (κ2) is 3.50. The summed E-state index contributed by atoms with van der Waals surface area (Å²) < 4.78 is 0. The molecule has 0 spiro atoms. The Labute approximate surface area is 87.7 Å². The molecule has 0 radical (unpaired) electrons. The van der Waals surface area contributed by atoms with E-state index in [1.54, 1.807) is 17.9 Å². The van der Waals surface area contributed by atoms with Gasteiger partial charge in [0.15, 0.2) is 0 Å². The van der Waals surface area contributed by atoms with Crippen LogP contribution in [-0.4, -0.2) is 19.0 Å². The second-order valence-electron chi connectivity index (χ2n) is 3.26. The number of carbonyl (C=O) groups excluding carboxylic acids is 1. The Morgan fingerprint density at radius 3 is 3.07 bits per heavy atom. The maximum absolute atomic E-state index is 11.3. The van der Waals surface area contributed by atoms with Crippen LogP contribution in [0.25, 0.3) is 0 Å². The van der Waals surface area contributed by atoms with Crippen molar-refractivity contribution in [3.05, 3.63) is 23.2 Å². The standard InChI is InChI=1S/C10H11ClN2O/c1-7(14)13-5-4-12-9-6-8(11)2-3-10(9)13/h2-3,6,12H,4-5H2,1H3. The predicted molar refractivity (Wildman–Crippen MR) is 58.0 cm³/mol. The van der Waals surface area contributed by atoms with Gasteiger partial charge in [-0.2, -0.15) is 0 Å². The lowest BCUT2D eigenvalue weighted by molar-refractivity contribution is -0.116. The average molecular weight is 211 g/mol. The van der Waals surface area contributed by atoms with E-state index in [0.717, 1.165) is 17.9 Å². The Bertz CT molecular complexity index is 378. The van der Waals surface area contributed by atoms with Crippen molar-refractivity contribution in [2.24, 2.45) is 0 Å². The first-order chi connectivity index (χ1) is 6.68. The molecule has 1 aliphatic heterocycles. The largest absolute Gasteiger partial charge is 0.382 e. The number of nitrogens with one attached hydrogen (secondary N) is 1. The molecule has 1 aromatic carbocycles. The van der Waals surface area contributed by atoms with Gasteiger partial charge in [-0.25, -0.2) is 0 Å². The number of anilines is 2. The number of rotatable bonds is 0. The van der Waals surface area contributed by atoms with Gasteiger partial charge >= 0.3 is 0 Å². The molecule has 0 fully saturated rings. The van der Waals surface area contributed by atoms with E-state index in [1.165, 1.54) is 0 Å². The van der Waals surface area contributed by atoms with E-state index < -0.39 is 0 Å². The molecule has 14 heavy (non-hydrogen) atoms. The van der Waals surface area contributed by atoms with Gasteiger partial charge in [0, 0.05) is 25.0 Å². The molecular weight excluding hydrogens is 200 g/mol. The van der Waals surface area contributed by atoms with Gasteiger partial charge in [-0.15, -0.1) is 0 Å². The lowest BCUT2D eigenvalue weighted by Gasteiger charge is -2.29. The highest BCUT2D eigenvalue weighted by atomic mass is 35.5. The number of carbonyl (C=O) groups is 1. The number of benzene rings is 1. The molecule has 74 valence electrons. The lowest BCUT2D eigenvalue weighted by Crippen LogP contribution is -2.37. The fourth-order valence-electron chi connectivity index (χ4n) is 1.64. The minimum atomic E-state index is 0.0649. The van der Waals surface area contributed by atoms with Crippen LogP contribution in [0.15, 0.2) is 18.2 Å². The van der Waals surface area contributed by atoms with Crippen molar-refractivity contribution in [3.8, 4) is 0 Å².